The molecular weight excluding hydrogens is 416 g/mol. The van der Waals surface area contributed by atoms with Crippen molar-refractivity contribution >= 4 is 35.0 Å². The van der Waals surface area contributed by atoms with Crippen molar-refractivity contribution in [1.82, 2.24) is 4.90 Å². The minimum atomic E-state index is -0.984. The van der Waals surface area contributed by atoms with Gasteiger partial charge in [0.05, 0.1) is 6.42 Å². The van der Waals surface area contributed by atoms with E-state index in [2.05, 4.69) is 29.3 Å². The van der Waals surface area contributed by atoms with E-state index in [1.54, 1.807) is 0 Å². The van der Waals surface area contributed by atoms with Gasteiger partial charge in [-0.1, -0.05) is 24.6 Å². The third kappa shape index (κ3) is 3.56. The van der Waals surface area contributed by atoms with Crippen molar-refractivity contribution in [2.24, 2.45) is 0 Å². The van der Waals surface area contributed by atoms with Gasteiger partial charge in [0.15, 0.2) is 0 Å². The Balaban J connectivity index is 1.37. The first-order valence-electron chi connectivity index (χ1n) is 10.8. The molecule has 5 rings (SSSR count). The fourth-order valence-electron chi connectivity index (χ4n) is 5.55. The molecule has 2 aromatic carbocycles. The van der Waals surface area contributed by atoms with E-state index in [1.807, 2.05) is 42.1 Å². The largest absolute Gasteiger partial charge is 0.371 e. The second-order valence-corrected chi connectivity index (χ2v) is 10.5. The second-order valence-electron chi connectivity index (χ2n) is 8.72. The van der Waals surface area contributed by atoms with E-state index in [4.69, 9.17) is 11.6 Å². The number of thioether (sulfide) groups is 1. The number of amides is 1. The number of nitrogens with one attached hydrogen (secondary N) is 1. The molecule has 0 radical (unpaired) electrons. The summed E-state index contributed by atoms with van der Waals surface area (Å²) in [7, 11) is 0. The number of benzene rings is 2. The molecule has 3 aliphatic heterocycles. The number of carbonyl (C=O) groups is 1. The van der Waals surface area contributed by atoms with Crippen LogP contribution in [-0.4, -0.2) is 33.2 Å². The summed E-state index contributed by atoms with van der Waals surface area (Å²) in [4.78, 5) is 15.4. The zero-order valence-electron chi connectivity index (χ0n) is 17.1. The van der Waals surface area contributed by atoms with E-state index < -0.39 is 5.72 Å². The molecule has 3 heterocycles. The summed E-state index contributed by atoms with van der Waals surface area (Å²) in [6.07, 6.45) is 5.46. The molecule has 0 aromatic heterocycles. The Kier molecular flexibility index (Phi) is 5.34. The highest BCUT2D eigenvalue weighted by atomic mass is 35.5. The SMILES string of the molecule is CC[C@](O)(c1ccc2c(c1)CC(=O)N2)N1C2CCC1CC(Sc1ccc(Cl)cc1)C2. The first kappa shape index (κ1) is 20.4. The molecule has 2 fully saturated rings. The first-order valence-corrected chi connectivity index (χ1v) is 12.1. The molecule has 0 spiro atoms. The summed E-state index contributed by atoms with van der Waals surface area (Å²) in [6, 6.07) is 14.8. The summed E-state index contributed by atoms with van der Waals surface area (Å²) in [5, 5.41) is 16.1. The van der Waals surface area contributed by atoms with Gasteiger partial charge in [0.2, 0.25) is 5.91 Å². The Morgan fingerprint density at radius 1 is 1.17 bits per heavy atom. The number of hydrogen-bond donors (Lipinski definition) is 2. The molecule has 2 unspecified atom stereocenters. The number of halogens is 1. The molecule has 6 heteroatoms. The van der Waals surface area contributed by atoms with Gasteiger partial charge in [-0.2, -0.15) is 0 Å². The van der Waals surface area contributed by atoms with Crippen LogP contribution in [0.2, 0.25) is 5.02 Å². The Morgan fingerprint density at radius 3 is 2.53 bits per heavy atom. The van der Waals surface area contributed by atoms with Gasteiger partial charge in [-0.25, -0.2) is 0 Å². The van der Waals surface area contributed by atoms with E-state index in [1.165, 1.54) is 4.90 Å². The lowest BCUT2D eigenvalue weighted by molar-refractivity contribution is -0.153. The van der Waals surface area contributed by atoms with Crippen molar-refractivity contribution in [2.45, 2.75) is 73.4 Å². The zero-order chi connectivity index (χ0) is 20.9. The normalized spacial score (nSPS) is 27.6. The van der Waals surface area contributed by atoms with E-state index >= 15 is 0 Å². The van der Waals surface area contributed by atoms with Gasteiger partial charge in [0, 0.05) is 32.9 Å². The number of fused-ring (bicyclic) bond motifs is 3. The van der Waals surface area contributed by atoms with Crippen LogP contribution in [0.4, 0.5) is 5.69 Å². The minimum absolute atomic E-state index is 0.0299. The molecule has 0 aliphatic carbocycles. The van der Waals surface area contributed by atoms with Crippen molar-refractivity contribution in [3.05, 3.63) is 58.6 Å². The Hall–Kier alpha value is -1.53. The molecule has 3 aliphatic rings. The van der Waals surface area contributed by atoms with E-state index in [0.29, 0.717) is 30.2 Å². The highest BCUT2D eigenvalue weighted by Crippen LogP contribution is 2.48. The third-order valence-corrected chi connectivity index (χ3v) is 8.43. The van der Waals surface area contributed by atoms with Crippen LogP contribution in [0.15, 0.2) is 47.4 Å². The van der Waals surface area contributed by atoms with Gasteiger partial charge in [-0.05, 0) is 79.6 Å². The molecule has 4 nitrogen and oxygen atoms in total. The van der Waals surface area contributed by atoms with Crippen LogP contribution in [0.25, 0.3) is 0 Å². The zero-order valence-corrected chi connectivity index (χ0v) is 18.7. The topological polar surface area (TPSA) is 52.6 Å². The van der Waals surface area contributed by atoms with Crippen LogP contribution in [0.3, 0.4) is 0 Å². The monoisotopic (exact) mass is 442 g/mol. The summed E-state index contributed by atoms with van der Waals surface area (Å²) in [5.74, 6) is 0.0299. The van der Waals surface area contributed by atoms with Gasteiger partial charge >= 0.3 is 0 Å². The smallest absolute Gasteiger partial charge is 0.228 e. The van der Waals surface area contributed by atoms with Crippen LogP contribution < -0.4 is 5.32 Å². The van der Waals surface area contributed by atoms with E-state index in [0.717, 1.165) is 47.5 Å². The fourth-order valence-corrected chi connectivity index (χ4v) is 6.99. The lowest BCUT2D eigenvalue weighted by atomic mass is 9.90. The van der Waals surface area contributed by atoms with Crippen LogP contribution in [0.5, 0.6) is 0 Å². The van der Waals surface area contributed by atoms with Crippen molar-refractivity contribution in [3.63, 3.8) is 0 Å². The predicted molar refractivity (Wildman–Crippen MR) is 122 cm³/mol. The van der Waals surface area contributed by atoms with Gasteiger partial charge in [-0.15, -0.1) is 11.8 Å². The highest BCUT2D eigenvalue weighted by molar-refractivity contribution is 8.00. The van der Waals surface area contributed by atoms with Crippen LogP contribution in [0.1, 0.15) is 50.2 Å². The van der Waals surface area contributed by atoms with Crippen molar-refractivity contribution in [2.75, 3.05) is 5.32 Å². The molecule has 158 valence electrons. The minimum Gasteiger partial charge on any atom is -0.371 e. The summed E-state index contributed by atoms with van der Waals surface area (Å²) in [6.45, 7) is 2.06. The number of piperidine rings is 1. The third-order valence-electron chi connectivity index (χ3n) is 6.92. The number of rotatable bonds is 5. The van der Waals surface area contributed by atoms with Gasteiger partial charge in [-0.3, -0.25) is 9.69 Å². The Bertz CT molecular complexity index is 952. The molecular formula is C24H27ClN2O2S. The molecule has 3 atom stereocenters. The quantitative estimate of drug-likeness (QED) is 0.670. The number of hydrogen-bond acceptors (Lipinski definition) is 4. The van der Waals surface area contributed by atoms with Crippen LogP contribution in [0, 0.1) is 0 Å². The maximum Gasteiger partial charge on any atom is 0.228 e. The van der Waals surface area contributed by atoms with Crippen molar-refractivity contribution < 1.29 is 9.90 Å². The average molecular weight is 443 g/mol. The Morgan fingerprint density at radius 2 is 1.87 bits per heavy atom. The maximum atomic E-state index is 11.9. The summed E-state index contributed by atoms with van der Waals surface area (Å²) >= 11 is 7.97. The highest BCUT2D eigenvalue weighted by Gasteiger charge is 2.50. The maximum absolute atomic E-state index is 11.9. The number of carbonyl (C=O) groups excluding carboxylic acids is 1. The molecule has 0 saturated carbocycles. The van der Waals surface area contributed by atoms with Gasteiger partial charge in [0.25, 0.3) is 0 Å². The van der Waals surface area contributed by atoms with Crippen molar-refractivity contribution in [1.29, 1.82) is 0 Å². The first-order chi connectivity index (χ1) is 14.5. The molecule has 2 saturated heterocycles. The van der Waals surface area contributed by atoms with Crippen molar-refractivity contribution in [3.8, 4) is 0 Å². The van der Waals surface area contributed by atoms with Crippen LogP contribution in [-0.2, 0) is 16.9 Å². The number of aliphatic hydroxyl groups is 1. The molecule has 1 amide bonds. The standard InChI is InChI=1S/C24H27ClN2O2S/c1-2-24(29,16-3-10-22-15(11-16)12-23(28)26-22)27-18-6-7-19(27)14-21(13-18)30-20-8-4-17(25)5-9-20/h3-5,8-11,18-19,21,29H,2,6-7,12-14H2,1H3,(H,26,28)/t18?,19?,21?,24-/m0/s1. The fraction of sp³-hybridized carbons (Fsp3) is 0.458. The van der Waals surface area contributed by atoms with E-state index in [9.17, 15) is 9.90 Å². The lowest BCUT2D eigenvalue weighted by Gasteiger charge is -2.48. The number of nitrogens with zero attached hydrogens (tertiary/aromatic N) is 1. The van der Waals surface area contributed by atoms with E-state index in [-0.39, 0.29) is 5.91 Å². The average Bonchev–Trinajstić information content (AvgIpc) is 3.25. The summed E-state index contributed by atoms with van der Waals surface area (Å²) in [5.41, 5.74) is 1.80. The lowest BCUT2D eigenvalue weighted by Crippen LogP contribution is -2.55. The molecule has 2 N–H and O–H groups in total. The summed E-state index contributed by atoms with van der Waals surface area (Å²) < 4.78 is 0. The predicted octanol–water partition coefficient (Wildman–Crippen LogP) is 5.18. The van der Waals surface area contributed by atoms with Gasteiger partial charge in [0.1, 0.15) is 5.72 Å². The van der Waals surface area contributed by atoms with Crippen LogP contribution >= 0.6 is 23.4 Å². The molecule has 30 heavy (non-hydrogen) atoms. The Labute approximate surface area is 187 Å². The number of anilines is 1. The second kappa shape index (κ2) is 7.86. The molecule has 2 aromatic rings. The molecule has 2 bridgehead atoms. The van der Waals surface area contributed by atoms with Gasteiger partial charge < -0.3 is 10.4 Å².